The van der Waals surface area contributed by atoms with E-state index in [0.717, 1.165) is 12.1 Å². The number of esters is 3. The number of benzene rings is 5. The van der Waals surface area contributed by atoms with Crippen molar-refractivity contribution in [2.24, 2.45) is 0 Å². The Bertz CT molecular complexity index is 3460. The van der Waals surface area contributed by atoms with E-state index in [1.807, 2.05) is 0 Å². The zero-order valence-corrected chi connectivity index (χ0v) is 32.6. The van der Waals surface area contributed by atoms with Gasteiger partial charge in [-0.3, -0.25) is 0 Å². The molecule has 7 aromatic rings. The van der Waals surface area contributed by atoms with Crippen molar-refractivity contribution in [1.82, 2.24) is 0 Å². The molecule has 0 saturated carbocycles. The third-order valence-electron chi connectivity index (χ3n) is 10.9. The number of aliphatic hydroxyl groups excluding tert-OH is 2. The normalized spacial score (nSPS) is 19.5. The first-order valence-electron chi connectivity index (χ1n) is 18.7. The van der Waals surface area contributed by atoms with Crippen molar-refractivity contribution < 1.29 is 118 Å². The first-order chi connectivity index (χ1) is 31.6. The van der Waals surface area contributed by atoms with Gasteiger partial charge in [0, 0.05) is 34.0 Å². The number of hydrogen-bond acceptors (Lipinski definition) is 26. The predicted octanol–water partition coefficient (Wildman–Crippen LogP) is 1.42. The first-order valence-corrected chi connectivity index (χ1v) is 18.7. The Morgan fingerprint density at radius 1 is 0.567 bits per heavy atom. The minimum atomic E-state index is -2.45. The molecule has 1 saturated heterocycles. The van der Waals surface area contributed by atoms with Crippen molar-refractivity contribution in [1.29, 1.82) is 0 Å². The molecular weight excluding hydrogens is 908 g/mol. The van der Waals surface area contributed by atoms with Gasteiger partial charge in [0.1, 0.15) is 30.5 Å². The lowest BCUT2D eigenvalue weighted by molar-refractivity contribution is -0.284. The monoisotopic (exact) mass is 934 g/mol. The van der Waals surface area contributed by atoms with Crippen LogP contribution in [0.2, 0.25) is 0 Å². The van der Waals surface area contributed by atoms with Crippen molar-refractivity contribution in [3.63, 3.8) is 0 Å². The maximum atomic E-state index is 13.9. The Morgan fingerprint density at radius 3 is 1.67 bits per heavy atom. The van der Waals surface area contributed by atoms with Gasteiger partial charge in [-0.2, -0.15) is 0 Å². The number of phenolic OH excluding ortho intramolecular Hbond substituents is 12. The van der Waals surface area contributed by atoms with E-state index < -0.39 is 197 Å². The largest absolute Gasteiger partial charge is 0.504 e. The highest BCUT2D eigenvalue weighted by Crippen LogP contribution is 2.54. The summed E-state index contributed by atoms with van der Waals surface area (Å²) in [5.74, 6) is -21.7. The quantitative estimate of drug-likeness (QED) is 0.0390. The molecule has 2 aliphatic rings. The van der Waals surface area contributed by atoms with Crippen molar-refractivity contribution in [3.8, 4) is 91.6 Å². The van der Waals surface area contributed by atoms with Crippen LogP contribution in [0.5, 0.6) is 80.5 Å². The van der Waals surface area contributed by atoms with E-state index in [-0.39, 0.29) is 10.8 Å². The van der Waals surface area contributed by atoms with Crippen LogP contribution >= 0.6 is 0 Å². The van der Waals surface area contributed by atoms with Crippen LogP contribution in [0.25, 0.3) is 43.8 Å². The predicted molar refractivity (Wildman–Crippen MR) is 211 cm³/mol. The van der Waals surface area contributed by atoms with Crippen LogP contribution in [0, 0.1) is 0 Å². The van der Waals surface area contributed by atoms with Crippen molar-refractivity contribution in [2.45, 2.75) is 30.7 Å². The van der Waals surface area contributed by atoms with Gasteiger partial charge in [-0.25, -0.2) is 24.0 Å². The smallest absolute Gasteiger partial charge is 0.344 e. The molecule has 67 heavy (non-hydrogen) atoms. The summed E-state index contributed by atoms with van der Waals surface area (Å²) in [6.45, 7) is -1.12. The highest BCUT2D eigenvalue weighted by molar-refractivity contribution is 6.22. The number of carbonyl (C=O) groups excluding carboxylic acids is 3. The molecule has 2 aromatic heterocycles. The van der Waals surface area contributed by atoms with Crippen LogP contribution in [-0.4, -0.2) is 127 Å². The molecule has 0 bridgehead atoms. The second-order valence-electron chi connectivity index (χ2n) is 14.8. The molecule has 4 heterocycles. The summed E-state index contributed by atoms with van der Waals surface area (Å²) in [7, 11) is 0. The molecule has 0 amide bonds. The number of fused-ring (bicyclic) bond motifs is 4. The first kappa shape index (κ1) is 43.0. The fourth-order valence-electron chi connectivity index (χ4n) is 7.63. The molecule has 14 N–H and O–H groups in total. The second-order valence-corrected chi connectivity index (χ2v) is 14.8. The van der Waals surface area contributed by atoms with Gasteiger partial charge in [0.2, 0.25) is 40.8 Å². The summed E-state index contributed by atoms with van der Waals surface area (Å²) in [6, 6.07) is 2.94. The third kappa shape index (κ3) is 6.34. The number of hydrogen-bond donors (Lipinski definition) is 14. The molecule has 0 radical (unpaired) electrons. The standard InChI is InChI=1S/C41H26O26/c42-12-1-7-18(27(51)22(12)46)19-8(2-13(43)23(47)28(19)52)37(57)64-33-17(6-61-36(7)56)63-41(31(55)30(33)54)67-40(60)11-4-14(44)24(48)29(53)32(11)62-16-5-10-21-20-9(38(58)66-35(21)26(16)50)3-15(45)25(49)34(20)65-39(10)59/h1-5,17,30-31,33,41-55H,6H2/t17-,30-,31-,33-,41+/m1/s1. The zero-order chi connectivity index (χ0) is 48.4. The average molecular weight is 935 g/mol. The molecule has 26 heteroatoms. The summed E-state index contributed by atoms with van der Waals surface area (Å²) in [6.07, 6.45) is -11.4. The molecule has 5 aromatic carbocycles. The highest BCUT2D eigenvalue weighted by Gasteiger charge is 2.50. The molecule has 5 atom stereocenters. The van der Waals surface area contributed by atoms with Gasteiger partial charge >= 0.3 is 29.2 Å². The summed E-state index contributed by atoms with van der Waals surface area (Å²) in [5, 5.41) is 147. The van der Waals surface area contributed by atoms with Gasteiger partial charge in [0.15, 0.2) is 63.3 Å². The number of rotatable bonds is 4. The molecule has 9 rings (SSSR count). The van der Waals surface area contributed by atoms with Gasteiger partial charge in [-0.1, -0.05) is 0 Å². The van der Waals surface area contributed by atoms with E-state index >= 15 is 0 Å². The summed E-state index contributed by atoms with van der Waals surface area (Å²) < 4.78 is 37.3. The van der Waals surface area contributed by atoms with Gasteiger partial charge in [0.25, 0.3) is 0 Å². The molecule has 0 spiro atoms. The zero-order valence-electron chi connectivity index (χ0n) is 32.6. The summed E-state index contributed by atoms with van der Waals surface area (Å²) in [5.41, 5.74) is -8.92. The van der Waals surface area contributed by atoms with Gasteiger partial charge in [-0.15, -0.1) is 0 Å². The lowest BCUT2D eigenvalue weighted by atomic mass is 9.92. The Hall–Kier alpha value is -9.27. The SMILES string of the molecule is O=C(O[C@@H]1O[C@@H]2COC(=O)c3cc(O)c(O)c(O)c3-c3c(cc(O)c(O)c3O)C(=O)O[C@H]2[C@H](O)[C@H]1O)c1cc(O)c(O)c(O)c1Oc1cc2c(=O)oc3c(O)c(O)cc4c(=O)oc(c1O)c2c34. The summed E-state index contributed by atoms with van der Waals surface area (Å²) >= 11 is 0. The van der Waals surface area contributed by atoms with Crippen molar-refractivity contribution >= 4 is 50.6 Å². The van der Waals surface area contributed by atoms with Crippen LogP contribution in [0.3, 0.4) is 0 Å². The maximum absolute atomic E-state index is 13.9. The second kappa shape index (κ2) is 14.9. The van der Waals surface area contributed by atoms with E-state index in [9.17, 15) is 95.5 Å². The summed E-state index contributed by atoms with van der Waals surface area (Å²) in [4.78, 5) is 67.3. The fourth-order valence-corrected chi connectivity index (χ4v) is 7.63. The Kier molecular flexibility index (Phi) is 9.57. The lowest BCUT2D eigenvalue weighted by Crippen LogP contribution is -2.61. The van der Waals surface area contributed by atoms with E-state index in [4.69, 9.17) is 32.5 Å². The number of phenols is 12. The van der Waals surface area contributed by atoms with Crippen LogP contribution < -0.4 is 16.0 Å². The van der Waals surface area contributed by atoms with Gasteiger partial charge in [0.05, 0.1) is 21.9 Å². The lowest BCUT2D eigenvalue weighted by Gasteiger charge is -2.41. The Morgan fingerprint density at radius 2 is 1.07 bits per heavy atom. The van der Waals surface area contributed by atoms with E-state index in [0.29, 0.717) is 18.2 Å². The molecule has 0 aliphatic carbocycles. The molecule has 346 valence electrons. The van der Waals surface area contributed by atoms with Crippen LogP contribution in [0.1, 0.15) is 31.1 Å². The van der Waals surface area contributed by atoms with Crippen LogP contribution in [0.4, 0.5) is 0 Å². The molecule has 26 nitrogen and oxygen atoms in total. The molecular formula is C41H26O26. The minimum Gasteiger partial charge on any atom is -0.504 e. The average Bonchev–Trinajstić information content (AvgIpc) is 3.30. The highest BCUT2D eigenvalue weighted by atomic mass is 16.7. The minimum absolute atomic E-state index is 0.300. The van der Waals surface area contributed by atoms with Gasteiger partial charge in [-0.05, 0) is 18.2 Å². The maximum Gasteiger partial charge on any atom is 0.344 e. The topological polar surface area (TPSA) is 441 Å². The number of cyclic esters (lactones) is 1. The third-order valence-corrected chi connectivity index (χ3v) is 10.9. The van der Waals surface area contributed by atoms with Crippen molar-refractivity contribution in [2.75, 3.05) is 6.61 Å². The fraction of sp³-hybridized carbons (Fsp3) is 0.146. The number of ether oxygens (including phenoxy) is 5. The van der Waals surface area contributed by atoms with E-state index in [1.165, 1.54) is 0 Å². The van der Waals surface area contributed by atoms with Crippen LogP contribution in [-0.2, 0) is 18.9 Å². The number of carbonyl (C=O) groups is 3. The number of aliphatic hydroxyl groups is 2. The Balaban J connectivity index is 1.08. The van der Waals surface area contributed by atoms with Gasteiger partial charge < -0.3 is 104 Å². The van der Waals surface area contributed by atoms with E-state index in [2.05, 4.69) is 0 Å². The number of aromatic hydroxyl groups is 12. The van der Waals surface area contributed by atoms with Crippen molar-refractivity contribution in [3.05, 3.63) is 67.9 Å². The molecule has 2 aliphatic heterocycles. The van der Waals surface area contributed by atoms with Crippen LogP contribution in [0.15, 0.2) is 48.8 Å². The Labute approximate surface area is 365 Å². The molecule has 1 fully saturated rings. The molecule has 0 unspecified atom stereocenters. The van der Waals surface area contributed by atoms with E-state index in [1.54, 1.807) is 0 Å².